The van der Waals surface area contributed by atoms with E-state index >= 15 is 0 Å². The standard InChI is InChI=1S/C19H23N3O3/c1-23-17-3-2-6-20-16(17)13-22-9-7-21(8-10-22)12-15-4-5-18-19(11-15)25-14-24-18/h2-6,11H,7-10,12-14H2,1H3. The van der Waals surface area contributed by atoms with E-state index in [9.17, 15) is 0 Å². The molecular weight excluding hydrogens is 318 g/mol. The van der Waals surface area contributed by atoms with Crippen LogP contribution in [0.1, 0.15) is 11.3 Å². The lowest BCUT2D eigenvalue weighted by molar-refractivity contribution is 0.120. The van der Waals surface area contributed by atoms with Crippen LogP contribution in [-0.4, -0.2) is 54.9 Å². The number of piperazine rings is 1. The largest absolute Gasteiger partial charge is 0.495 e. The van der Waals surface area contributed by atoms with Crippen molar-refractivity contribution in [3.8, 4) is 17.2 Å². The van der Waals surface area contributed by atoms with Gasteiger partial charge in [0.15, 0.2) is 11.5 Å². The van der Waals surface area contributed by atoms with Crippen LogP contribution < -0.4 is 14.2 Å². The van der Waals surface area contributed by atoms with Crippen LogP contribution in [0.5, 0.6) is 17.2 Å². The topological polar surface area (TPSA) is 47.1 Å². The summed E-state index contributed by atoms with van der Waals surface area (Å²) in [6.45, 7) is 6.26. The molecule has 6 nitrogen and oxygen atoms in total. The molecule has 0 amide bonds. The lowest BCUT2D eigenvalue weighted by atomic mass is 10.1. The molecule has 6 heteroatoms. The number of pyridine rings is 1. The van der Waals surface area contributed by atoms with E-state index in [1.54, 1.807) is 7.11 Å². The van der Waals surface area contributed by atoms with Gasteiger partial charge in [-0.3, -0.25) is 14.8 Å². The van der Waals surface area contributed by atoms with E-state index in [1.165, 1.54) is 5.56 Å². The molecule has 0 saturated carbocycles. The van der Waals surface area contributed by atoms with Crippen LogP contribution in [0.2, 0.25) is 0 Å². The van der Waals surface area contributed by atoms with E-state index in [2.05, 4.69) is 26.9 Å². The number of hydrogen-bond acceptors (Lipinski definition) is 6. The summed E-state index contributed by atoms with van der Waals surface area (Å²) in [5, 5.41) is 0. The quantitative estimate of drug-likeness (QED) is 0.830. The van der Waals surface area contributed by atoms with Gasteiger partial charge in [-0.15, -0.1) is 0 Å². The zero-order valence-corrected chi connectivity index (χ0v) is 14.5. The van der Waals surface area contributed by atoms with E-state index in [4.69, 9.17) is 14.2 Å². The smallest absolute Gasteiger partial charge is 0.231 e. The first-order valence-corrected chi connectivity index (χ1v) is 8.63. The molecule has 3 heterocycles. The summed E-state index contributed by atoms with van der Waals surface area (Å²) in [7, 11) is 1.70. The van der Waals surface area contributed by atoms with Gasteiger partial charge in [0.25, 0.3) is 0 Å². The van der Waals surface area contributed by atoms with Crippen molar-refractivity contribution in [1.29, 1.82) is 0 Å². The van der Waals surface area contributed by atoms with E-state index < -0.39 is 0 Å². The summed E-state index contributed by atoms with van der Waals surface area (Å²) in [5.74, 6) is 2.57. The van der Waals surface area contributed by atoms with Crippen molar-refractivity contribution in [2.45, 2.75) is 13.1 Å². The monoisotopic (exact) mass is 341 g/mol. The number of hydrogen-bond donors (Lipinski definition) is 0. The van der Waals surface area contributed by atoms with Crippen LogP contribution in [0, 0.1) is 0 Å². The molecule has 0 N–H and O–H groups in total. The minimum absolute atomic E-state index is 0.328. The van der Waals surface area contributed by atoms with Crippen LogP contribution in [-0.2, 0) is 13.1 Å². The molecule has 1 saturated heterocycles. The van der Waals surface area contributed by atoms with Gasteiger partial charge in [0.2, 0.25) is 6.79 Å². The second-order valence-corrected chi connectivity index (χ2v) is 6.39. The minimum Gasteiger partial charge on any atom is -0.495 e. The Morgan fingerprint density at radius 1 is 1.00 bits per heavy atom. The molecule has 25 heavy (non-hydrogen) atoms. The number of fused-ring (bicyclic) bond motifs is 1. The maximum Gasteiger partial charge on any atom is 0.231 e. The number of aromatic nitrogens is 1. The van der Waals surface area contributed by atoms with Crippen LogP contribution >= 0.6 is 0 Å². The highest BCUT2D eigenvalue weighted by molar-refractivity contribution is 5.44. The molecule has 0 aliphatic carbocycles. The first-order chi connectivity index (χ1) is 12.3. The molecule has 132 valence electrons. The van der Waals surface area contributed by atoms with Gasteiger partial charge in [-0.25, -0.2) is 0 Å². The fourth-order valence-electron chi connectivity index (χ4n) is 3.34. The lowest BCUT2D eigenvalue weighted by Crippen LogP contribution is -2.45. The Balaban J connectivity index is 1.31. The van der Waals surface area contributed by atoms with Crippen LogP contribution in [0.3, 0.4) is 0 Å². The zero-order valence-electron chi connectivity index (χ0n) is 14.5. The molecule has 0 bridgehead atoms. The Morgan fingerprint density at radius 3 is 2.56 bits per heavy atom. The van der Waals surface area contributed by atoms with Crippen molar-refractivity contribution in [2.24, 2.45) is 0 Å². The number of methoxy groups -OCH3 is 1. The number of rotatable bonds is 5. The fraction of sp³-hybridized carbons (Fsp3) is 0.421. The Kier molecular flexibility index (Phi) is 4.72. The maximum absolute atomic E-state index is 5.47. The summed E-state index contributed by atoms with van der Waals surface area (Å²) < 4.78 is 16.2. The second-order valence-electron chi connectivity index (χ2n) is 6.39. The molecule has 2 aliphatic heterocycles. The molecule has 1 aromatic carbocycles. The van der Waals surface area contributed by atoms with Gasteiger partial charge >= 0.3 is 0 Å². The highest BCUT2D eigenvalue weighted by Crippen LogP contribution is 2.32. The van der Waals surface area contributed by atoms with Crippen LogP contribution in [0.4, 0.5) is 0 Å². The summed E-state index contributed by atoms with van der Waals surface area (Å²) in [5.41, 5.74) is 2.28. The molecule has 0 atom stereocenters. The summed E-state index contributed by atoms with van der Waals surface area (Å²) in [6, 6.07) is 10.1. The Bertz CT molecular complexity index is 730. The van der Waals surface area contributed by atoms with Crippen LogP contribution in [0.15, 0.2) is 36.5 Å². The molecule has 0 spiro atoms. The molecular formula is C19H23N3O3. The Hall–Kier alpha value is -2.31. The molecule has 0 radical (unpaired) electrons. The first kappa shape index (κ1) is 16.2. The molecule has 2 aliphatic rings. The zero-order chi connectivity index (χ0) is 17.1. The van der Waals surface area contributed by atoms with E-state index in [0.717, 1.165) is 62.2 Å². The van der Waals surface area contributed by atoms with Gasteiger partial charge in [-0.05, 0) is 29.8 Å². The third kappa shape index (κ3) is 3.70. The van der Waals surface area contributed by atoms with Crippen molar-refractivity contribution < 1.29 is 14.2 Å². The predicted octanol–water partition coefficient (Wildman–Crippen LogP) is 2.14. The fourth-order valence-corrected chi connectivity index (χ4v) is 3.34. The highest BCUT2D eigenvalue weighted by atomic mass is 16.7. The van der Waals surface area contributed by atoms with E-state index in [-0.39, 0.29) is 0 Å². The van der Waals surface area contributed by atoms with Gasteiger partial charge < -0.3 is 14.2 Å². The number of nitrogens with zero attached hydrogens (tertiary/aromatic N) is 3. The summed E-state index contributed by atoms with van der Waals surface area (Å²) in [6.07, 6.45) is 1.83. The van der Waals surface area contributed by atoms with E-state index in [0.29, 0.717) is 6.79 Å². The van der Waals surface area contributed by atoms with Gasteiger partial charge in [-0.2, -0.15) is 0 Å². The maximum atomic E-state index is 5.47. The third-order valence-electron chi connectivity index (χ3n) is 4.75. The van der Waals surface area contributed by atoms with Crippen molar-refractivity contribution in [2.75, 3.05) is 40.1 Å². The SMILES string of the molecule is COc1cccnc1CN1CCN(Cc2ccc3c(c2)OCO3)CC1. The van der Waals surface area contributed by atoms with Gasteiger partial charge in [0.05, 0.1) is 12.8 Å². The van der Waals surface area contributed by atoms with Crippen molar-refractivity contribution in [3.05, 3.63) is 47.8 Å². The Labute approximate surface area is 147 Å². The van der Waals surface area contributed by atoms with Crippen molar-refractivity contribution >= 4 is 0 Å². The molecule has 1 fully saturated rings. The highest BCUT2D eigenvalue weighted by Gasteiger charge is 2.20. The summed E-state index contributed by atoms with van der Waals surface area (Å²) in [4.78, 5) is 9.37. The third-order valence-corrected chi connectivity index (χ3v) is 4.75. The van der Waals surface area contributed by atoms with Crippen molar-refractivity contribution in [1.82, 2.24) is 14.8 Å². The predicted molar refractivity (Wildman–Crippen MR) is 93.9 cm³/mol. The summed E-state index contributed by atoms with van der Waals surface area (Å²) >= 11 is 0. The first-order valence-electron chi connectivity index (χ1n) is 8.63. The minimum atomic E-state index is 0.328. The number of benzene rings is 1. The van der Waals surface area contributed by atoms with Gasteiger partial charge in [0, 0.05) is 45.5 Å². The van der Waals surface area contributed by atoms with Gasteiger partial charge in [-0.1, -0.05) is 6.07 Å². The molecule has 2 aromatic rings. The number of ether oxygens (including phenoxy) is 3. The Morgan fingerprint density at radius 2 is 1.76 bits per heavy atom. The van der Waals surface area contributed by atoms with Crippen LogP contribution in [0.25, 0.3) is 0 Å². The van der Waals surface area contributed by atoms with Gasteiger partial charge in [0.1, 0.15) is 5.75 Å². The second kappa shape index (κ2) is 7.29. The molecule has 4 rings (SSSR count). The molecule has 1 aromatic heterocycles. The average molecular weight is 341 g/mol. The molecule has 0 unspecified atom stereocenters. The van der Waals surface area contributed by atoms with Crippen molar-refractivity contribution in [3.63, 3.8) is 0 Å². The average Bonchev–Trinajstić information content (AvgIpc) is 3.12. The normalized spacial score (nSPS) is 17.6. The lowest BCUT2D eigenvalue weighted by Gasteiger charge is -2.34. The van der Waals surface area contributed by atoms with E-state index in [1.807, 2.05) is 24.4 Å².